The van der Waals surface area contributed by atoms with E-state index in [0.29, 0.717) is 6.42 Å². The first-order valence-corrected chi connectivity index (χ1v) is 3.90. The maximum atomic E-state index is 11.1. The second-order valence-corrected chi connectivity index (χ2v) is 3.07. The Morgan fingerprint density at radius 3 is 2.75 bits per heavy atom. The van der Waals surface area contributed by atoms with Crippen LogP contribution in [0.1, 0.15) is 6.42 Å². The van der Waals surface area contributed by atoms with Gasteiger partial charge in [0.1, 0.15) is 0 Å². The zero-order valence-corrected chi connectivity index (χ0v) is 6.41. The molecule has 2 N–H and O–H groups in total. The van der Waals surface area contributed by atoms with Crippen molar-refractivity contribution in [1.29, 1.82) is 0 Å². The zero-order valence-electron chi connectivity index (χ0n) is 6.41. The zero-order chi connectivity index (χ0) is 8.72. The van der Waals surface area contributed by atoms with Gasteiger partial charge in [-0.3, -0.25) is 14.9 Å². The fourth-order valence-corrected chi connectivity index (χ4v) is 1.75. The second-order valence-electron chi connectivity index (χ2n) is 3.07. The molecule has 2 aliphatic rings. The Bertz CT molecular complexity index is 282. The fourth-order valence-electron chi connectivity index (χ4n) is 1.75. The summed E-state index contributed by atoms with van der Waals surface area (Å²) >= 11 is 0. The molecule has 4 heteroatoms. The standard InChI is InChI=1S/C8H9NO3/c10-2-1-4-3-5-6(4)8(12)9-7(5)11/h3,5-6,10H,1-2H2,(H,9,11,12). The highest BCUT2D eigenvalue weighted by molar-refractivity contribution is 6.09. The predicted molar refractivity (Wildman–Crippen MR) is 39.9 cm³/mol. The predicted octanol–water partition coefficient (Wildman–Crippen LogP) is -0.802. The van der Waals surface area contributed by atoms with Crippen LogP contribution >= 0.6 is 0 Å². The molecule has 1 aliphatic heterocycles. The van der Waals surface area contributed by atoms with Crippen LogP contribution in [-0.2, 0) is 9.59 Å². The number of fused-ring (bicyclic) bond motifs is 1. The van der Waals surface area contributed by atoms with E-state index in [-0.39, 0.29) is 30.3 Å². The van der Waals surface area contributed by atoms with Gasteiger partial charge in [-0.2, -0.15) is 0 Å². The lowest BCUT2D eigenvalue weighted by Gasteiger charge is -2.25. The van der Waals surface area contributed by atoms with E-state index in [0.717, 1.165) is 5.57 Å². The molecule has 1 aliphatic carbocycles. The van der Waals surface area contributed by atoms with Gasteiger partial charge in [-0.15, -0.1) is 0 Å². The molecule has 64 valence electrons. The highest BCUT2D eigenvalue weighted by Crippen LogP contribution is 2.39. The largest absolute Gasteiger partial charge is 0.396 e. The Morgan fingerprint density at radius 1 is 1.42 bits per heavy atom. The molecule has 2 unspecified atom stereocenters. The first kappa shape index (κ1) is 7.49. The van der Waals surface area contributed by atoms with Crippen LogP contribution in [0.4, 0.5) is 0 Å². The molecule has 2 atom stereocenters. The van der Waals surface area contributed by atoms with Gasteiger partial charge in [0.25, 0.3) is 0 Å². The van der Waals surface area contributed by atoms with Gasteiger partial charge in [-0.1, -0.05) is 11.6 Å². The quantitative estimate of drug-likeness (QED) is 0.418. The van der Waals surface area contributed by atoms with E-state index in [1.807, 2.05) is 0 Å². The smallest absolute Gasteiger partial charge is 0.234 e. The summed E-state index contributed by atoms with van der Waals surface area (Å²) in [6, 6.07) is 0. The average molecular weight is 167 g/mol. The molecule has 1 fully saturated rings. The number of imide groups is 1. The molecule has 0 radical (unpaired) electrons. The van der Waals surface area contributed by atoms with Gasteiger partial charge < -0.3 is 5.11 Å². The van der Waals surface area contributed by atoms with E-state index in [2.05, 4.69) is 5.32 Å². The first-order valence-electron chi connectivity index (χ1n) is 3.90. The monoisotopic (exact) mass is 167 g/mol. The third-order valence-electron chi connectivity index (χ3n) is 2.38. The van der Waals surface area contributed by atoms with Gasteiger partial charge in [-0.05, 0) is 6.42 Å². The van der Waals surface area contributed by atoms with E-state index in [4.69, 9.17) is 5.11 Å². The summed E-state index contributed by atoms with van der Waals surface area (Å²) in [4.78, 5) is 22.0. The Hall–Kier alpha value is -1.16. The summed E-state index contributed by atoms with van der Waals surface area (Å²) in [5, 5.41) is 10.9. The fraction of sp³-hybridized carbons (Fsp3) is 0.500. The Morgan fingerprint density at radius 2 is 2.17 bits per heavy atom. The third-order valence-corrected chi connectivity index (χ3v) is 2.38. The van der Waals surface area contributed by atoms with Gasteiger partial charge in [0, 0.05) is 6.61 Å². The van der Waals surface area contributed by atoms with E-state index >= 15 is 0 Å². The van der Waals surface area contributed by atoms with E-state index in [1.54, 1.807) is 6.08 Å². The molecule has 0 aromatic rings. The summed E-state index contributed by atoms with van der Waals surface area (Å²) in [6.45, 7) is 0.0382. The van der Waals surface area contributed by atoms with Crippen LogP contribution in [0.5, 0.6) is 0 Å². The van der Waals surface area contributed by atoms with Gasteiger partial charge in [0.15, 0.2) is 0 Å². The number of carbonyl (C=O) groups excluding carboxylic acids is 2. The normalized spacial score (nSPS) is 32.2. The summed E-state index contributed by atoms with van der Waals surface area (Å²) < 4.78 is 0. The topological polar surface area (TPSA) is 66.4 Å². The molecule has 1 saturated heterocycles. The van der Waals surface area contributed by atoms with Gasteiger partial charge in [-0.25, -0.2) is 0 Å². The number of aliphatic hydroxyl groups is 1. The van der Waals surface area contributed by atoms with Gasteiger partial charge in [0.2, 0.25) is 11.8 Å². The Labute approximate surface area is 69.3 Å². The van der Waals surface area contributed by atoms with E-state index in [9.17, 15) is 9.59 Å². The summed E-state index contributed by atoms with van der Waals surface area (Å²) in [7, 11) is 0. The molecule has 12 heavy (non-hydrogen) atoms. The van der Waals surface area contributed by atoms with Crippen molar-refractivity contribution in [3.8, 4) is 0 Å². The van der Waals surface area contributed by atoms with Crippen LogP contribution in [0.25, 0.3) is 0 Å². The summed E-state index contributed by atoms with van der Waals surface area (Å²) in [5.41, 5.74) is 0.894. The SMILES string of the molecule is O=C1NC(=O)C2C(CCO)=CC12. The molecule has 2 rings (SSSR count). The number of carbonyl (C=O) groups is 2. The molecule has 0 bridgehead atoms. The number of hydrogen-bond donors (Lipinski definition) is 2. The van der Waals surface area contributed by atoms with E-state index in [1.165, 1.54) is 0 Å². The van der Waals surface area contributed by atoms with Crippen molar-refractivity contribution >= 4 is 11.8 Å². The maximum Gasteiger partial charge on any atom is 0.234 e. The van der Waals surface area contributed by atoms with Crippen molar-refractivity contribution in [1.82, 2.24) is 5.32 Å². The molecule has 1 heterocycles. The van der Waals surface area contributed by atoms with Crippen LogP contribution in [0.2, 0.25) is 0 Å². The number of hydrogen-bond acceptors (Lipinski definition) is 3. The highest BCUT2D eigenvalue weighted by atomic mass is 16.3. The van der Waals surface area contributed by atoms with E-state index < -0.39 is 0 Å². The molecule has 0 aromatic carbocycles. The minimum absolute atomic E-state index is 0.0382. The van der Waals surface area contributed by atoms with Crippen molar-refractivity contribution in [2.45, 2.75) is 6.42 Å². The van der Waals surface area contributed by atoms with Crippen molar-refractivity contribution in [2.75, 3.05) is 6.61 Å². The summed E-state index contributed by atoms with van der Waals surface area (Å²) in [6.07, 6.45) is 2.27. The first-order chi connectivity index (χ1) is 5.74. The van der Waals surface area contributed by atoms with Crippen molar-refractivity contribution in [3.05, 3.63) is 11.6 Å². The highest BCUT2D eigenvalue weighted by Gasteiger charge is 2.48. The molecule has 0 saturated carbocycles. The molecular formula is C8H9NO3. The van der Waals surface area contributed by atoms with Crippen molar-refractivity contribution in [3.63, 3.8) is 0 Å². The van der Waals surface area contributed by atoms with Gasteiger partial charge in [0.05, 0.1) is 11.8 Å². The lowest BCUT2D eigenvalue weighted by Crippen LogP contribution is -2.28. The maximum absolute atomic E-state index is 11.1. The molecular weight excluding hydrogens is 158 g/mol. The molecule has 2 amide bonds. The lowest BCUT2D eigenvalue weighted by molar-refractivity contribution is -0.125. The number of nitrogens with one attached hydrogen (secondary N) is 1. The van der Waals surface area contributed by atoms with Crippen molar-refractivity contribution < 1.29 is 14.7 Å². The average Bonchev–Trinajstić information content (AvgIpc) is 2.15. The van der Waals surface area contributed by atoms with Crippen LogP contribution < -0.4 is 5.32 Å². The third kappa shape index (κ3) is 0.814. The minimum atomic E-state index is -0.273. The number of aliphatic hydroxyl groups excluding tert-OH is 1. The molecule has 4 nitrogen and oxygen atoms in total. The number of amides is 2. The Balaban J connectivity index is 2.16. The minimum Gasteiger partial charge on any atom is -0.396 e. The van der Waals surface area contributed by atoms with Crippen LogP contribution in [0.15, 0.2) is 11.6 Å². The van der Waals surface area contributed by atoms with Crippen molar-refractivity contribution in [2.24, 2.45) is 11.8 Å². The Kier molecular flexibility index (Phi) is 1.51. The second kappa shape index (κ2) is 2.42. The lowest BCUT2D eigenvalue weighted by atomic mass is 9.75. The number of rotatable bonds is 2. The van der Waals surface area contributed by atoms with Crippen LogP contribution in [0, 0.1) is 11.8 Å². The summed E-state index contributed by atoms with van der Waals surface area (Å²) in [5.74, 6) is -0.939. The molecule has 0 aromatic heterocycles. The van der Waals surface area contributed by atoms with Crippen LogP contribution in [-0.4, -0.2) is 23.5 Å². The van der Waals surface area contributed by atoms with Gasteiger partial charge >= 0.3 is 0 Å². The molecule has 0 spiro atoms. The van der Waals surface area contributed by atoms with Crippen LogP contribution in [0.3, 0.4) is 0 Å².